The molecule has 9 heteroatoms. The average Bonchev–Trinajstić information content (AvgIpc) is 3.21. The predicted octanol–water partition coefficient (Wildman–Crippen LogP) is 2.07. The van der Waals surface area contributed by atoms with Crippen LogP contribution in [0.3, 0.4) is 0 Å². The van der Waals surface area contributed by atoms with Gasteiger partial charge in [-0.05, 0) is 29.8 Å². The molecule has 1 aromatic heterocycles. The molecule has 0 unspecified atom stereocenters. The highest BCUT2D eigenvalue weighted by Gasteiger charge is 2.17. The summed E-state index contributed by atoms with van der Waals surface area (Å²) >= 11 is 0. The first kappa shape index (κ1) is 20.0. The van der Waals surface area contributed by atoms with Crippen LogP contribution in [0.4, 0.5) is 5.69 Å². The van der Waals surface area contributed by atoms with Crippen LogP contribution >= 0.6 is 0 Å². The summed E-state index contributed by atoms with van der Waals surface area (Å²) in [5.74, 6) is -0.221. The molecule has 2 aromatic carbocycles. The van der Waals surface area contributed by atoms with Crippen molar-refractivity contribution >= 4 is 17.5 Å². The molecule has 0 aliphatic heterocycles. The molecule has 3 rings (SSSR count). The van der Waals surface area contributed by atoms with Gasteiger partial charge in [-0.15, -0.1) is 0 Å². The van der Waals surface area contributed by atoms with Gasteiger partial charge in [-0.1, -0.05) is 35.5 Å². The fraction of sp³-hybridized carbons (Fsp3) is 0.200. The second-order valence-electron chi connectivity index (χ2n) is 6.15. The summed E-state index contributed by atoms with van der Waals surface area (Å²) in [7, 11) is 0. The number of hydrogen-bond acceptors (Lipinski definition) is 7. The Morgan fingerprint density at radius 3 is 2.55 bits per heavy atom. The molecule has 0 bridgehead atoms. The number of amides is 2. The highest BCUT2D eigenvalue weighted by molar-refractivity contribution is 5.89. The zero-order chi connectivity index (χ0) is 20.6. The molecule has 1 atom stereocenters. The maximum Gasteiger partial charge on any atom is 0.316 e. The first-order chi connectivity index (χ1) is 14.0. The normalized spacial score (nSPS) is 11.5. The number of nitrogens with one attached hydrogen (secondary N) is 2. The van der Waals surface area contributed by atoms with Gasteiger partial charge in [0.1, 0.15) is 5.75 Å². The summed E-state index contributed by atoms with van der Waals surface area (Å²) in [5, 5.41) is 19.0. The van der Waals surface area contributed by atoms with Gasteiger partial charge in [-0.2, -0.15) is 4.98 Å². The van der Waals surface area contributed by atoms with Crippen molar-refractivity contribution in [1.29, 1.82) is 0 Å². The van der Waals surface area contributed by atoms with Crippen molar-refractivity contribution in [3.8, 4) is 5.75 Å². The number of ether oxygens (including phenoxy) is 1. The molecule has 150 valence electrons. The second-order valence-corrected chi connectivity index (χ2v) is 6.15. The quantitative estimate of drug-likeness (QED) is 0.532. The van der Waals surface area contributed by atoms with Gasteiger partial charge in [-0.3, -0.25) is 9.59 Å². The number of benzene rings is 2. The average molecular weight is 396 g/mol. The highest BCUT2D eigenvalue weighted by Crippen LogP contribution is 2.16. The van der Waals surface area contributed by atoms with Gasteiger partial charge in [0.2, 0.25) is 11.7 Å². The number of nitrogens with zero attached hydrogens (tertiary/aromatic N) is 2. The molecule has 0 saturated heterocycles. The molecule has 0 radical (unpaired) electrons. The summed E-state index contributed by atoms with van der Waals surface area (Å²) in [6, 6.07) is 15.7. The van der Waals surface area contributed by atoms with E-state index >= 15 is 0 Å². The van der Waals surface area contributed by atoms with E-state index in [-0.39, 0.29) is 30.8 Å². The van der Waals surface area contributed by atoms with Crippen LogP contribution in [-0.4, -0.2) is 33.6 Å². The Balaban J connectivity index is 1.48. The molecule has 1 heterocycles. The third-order valence-corrected chi connectivity index (χ3v) is 3.85. The van der Waals surface area contributed by atoms with Gasteiger partial charge in [0.15, 0.2) is 6.61 Å². The molecule has 29 heavy (non-hydrogen) atoms. The fourth-order valence-corrected chi connectivity index (χ4v) is 2.45. The maximum atomic E-state index is 12.1. The molecule has 0 fully saturated rings. The maximum absolute atomic E-state index is 12.1. The molecular formula is C20H20N4O5. The van der Waals surface area contributed by atoms with E-state index in [0.717, 1.165) is 0 Å². The first-order valence-electron chi connectivity index (χ1n) is 8.85. The molecule has 0 spiro atoms. The lowest BCUT2D eigenvalue weighted by Crippen LogP contribution is -2.28. The van der Waals surface area contributed by atoms with Gasteiger partial charge >= 0.3 is 11.8 Å². The molecule has 3 N–H and O–H groups in total. The zero-order valence-electron chi connectivity index (χ0n) is 15.7. The molecule has 0 aliphatic carbocycles. The first-order valence-corrected chi connectivity index (χ1v) is 8.85. The summed E-state index contributed by atoms with van der Waals surface area (Å²) in [5.41, 5.74) is 1.35. The van der Waals surface area contributed by atoms with Crippen molar-refractivity contribution in [3.05, 3.63) is 71.9 Å². The summed E-state index contributed by atoms with van der Waals surface area (Å²) < 4.78 is 10.5. The molecule has 2 amide bonds. The molecular weight excluding hydrogens is 376 g/mol. The zero-order valence-corrected chi connectivity index (χ0v) is 15.7. The van der Waals surface area contributed by atoms with Crippen molar-refractivity contribution in [3.63, 3.8) is 0 Å². The van der Waals surface area contributed by atoms with Gasteiger partial charge in [0.25, 0.3) is 0 Å². The van der Waals surface area contributed by atoms with E-state index in [4.69, 9.17) is 9.26 Å². The number of carbonyl (C=O) groups is 2. The Labute approximate surface area is 166 Å². The van der Waals surface area contributed by atoms with Crippen LogP contribution in [0.1, 0.15) is 35.1 Å². The number of aromatic nitrogens is 2. The van der Waals surface area contributed by atoms with E-state index in [2.05, 4.69) is 20.8 Å². The molecule has 9 nitrogen and oxygen atoms in total. The number of rotatable bonds is 8. The van der Waals surface area contributed by atoms with Crippen molar-refractivity contribution in [1.82, 2.24) is 15.5 Å². The van der Waals surface area contributed by atoms with Crippen molar-refractivity contribution < 1.29 is 24.0 Å². The Hall–Kier alpha value is -3.72. The smallest absolute Gasteiger partial charge is 0.316 e. The van der Waals surface area contributed by atoms with Gasteiger partial charge in [0, 0.05) is 19.2 Å². The van der Waals surface area contributed by atoms with Gasteiger partial charge < -0.3 is 25.0 Å². The minimum Gasteiger partial charge on any atom is -0.485 e. The van der Waals surface area contributed by atoms with Crippen LogP contribution in [0, 0.1) is 0 Å². The number of aliphatic hydroxyl groups is 1. The lowest BCUT2D eigenvalue weighted by molar-refractivity contribution is -0.114. The number of carbonyl (C=O) groups excluding carboxylic acids is 2. The highest BCUT2D eigenvalue weighted by atomic mass is 16.5. The second kappa shape index (κ2) is 9.47. The van der Waals surface area contributed by atoms with Crippen LogP contribution < -0.4 is 15.4 Å². The van der Waals surface area contributed by atoms with E-state index in [9.17, 15) is 14.7 Å². The largest absolute Gasteiger partial charge is 0.485 e. The fourth-order valence-electron chi connectivity index (χ4n) is 2.45. The SMILES string of the molecule is CC(=O)Nc1ccc(OCc2noc(C(=O)NC[C@@H](O)c3ccccc3)n2)cc1. The third-order valence-electron chi connectivity index (χ3n) is 3.85. The third kappa shape index (κ3) is 5.88. The Bertz CT molecular complexity index is 957. The summed E-state index contributed by atoms with van der Waals surface area (Å²) in [6.45, 7) is 1.44. The lowest BCUT2D eigenvalue weighted by atomic mass is 10.1. The van der Waals surface area contributed by atoms with Crippen LogP contribution in [0.5, 0.6) is 5.75 Å². The van der Waals surface area contributed by atoms with E-state index in [1.165, 1.54) is 6.92 Å². The van der Waals surface area contributed by atoms with Crippen molar-refractivity contribution in [2.75, 3.05) is 11.9 Å². The van der Waals surface area contributed by atoms with Gasteiger partial charge in [-0.25, -0.2) is 0 Å². The molecule has 3 aromatic rings. The minimum absolute atomic E-state index is 0.00288. The van der Waals surface area contributed by atoms with E-state index in [1.807, 2.05) is 6.07 Å². The standard InChI is InChI=1S/C20H20N4O5/c1-13(25)22-15-7-9-16(10-8-15)28-12-18-23-20(29-24-18)19(27)21-11-17(26)14-5-3-2-4-6-14/h2-10,17,26H,11-12H2,1H3,(H,21,27)(H,22,25)/t17-/m1/s1. The van der Waals surface area contributed by atoms with Crippen molar-refractivity contribution in [2.24, 2.45) is 0 Å². The minimum atomic E-state index is -0.841. The summed E-state index contributed by atoms with van der Waals surface area (Å²) in [6.07, 6.45) is -0.841. The number of hydrogen-bond donors (Lipinski definition) is 3. The van der Waals surface area contributed by atoms with Crippen LogP contribution in [-0.2, 0) is 11.4 Å². The van der Waals surface area contributed by atoms with E-state index in [1.54, 1.807) is 48.5 Å². The van der Waals surface area contributed by atoms with E-state index in [0.29, 0.717) is 17.0 Å². The molecule has 0 saturated carbocycles. The monoisotopic (exact) mass is 396 g/mol. The van der Waals surface area contributed by atoms with Gasteiger partial charge in [0.05, 0.1) is 6.10 Å². The van der Waals surface area contributed by atoms with Crippen molar-refractivity contribution in [2.45, 2.75) is 19.6 Å². The molecule has 0 aliphatic rings. The van der Waals surface area contributed by atoms with Crippen LogP contribution in [0.15, 0.2) is 59.1 Å². The summed E-state index contributed by atoms with van der Waals surface area (Å²) in [4.78, 5) is 27.1. The number of anilines is 1. The van der Waals surface area contributed by atoms with E-state index < -0.39 is 12.0 Å². The Morgan fingerprint density at radius 1 is 1.14 bits per heavy atom. The Kier molecular flexibility index (Phi) is 6.54. The topological polar surface area (TPSA) is 127 Å². The predicted molar refractivity (Wildman–Crippen MR) is 103 cm³/mol. The number of aliphatic hydroxyl groups excluding tert-OH is 1. The van der Waals surface area contributed by atoms with Crippen LogP contribution in [0.2, 0.25) is 0 Å². The lowest BCUT2D eigenvalue weighted by Gasteiger charge is -2.10. The van der Waals surface area contributed by atoms with Crippen LogP contribution in [0.25, 0.3) is 0 Å². The Morgan fingerprint density at radius 2 is 1.86 bits per heavy atom.